The van der Waals surface area contributed by atoms with E-state index in [9.17, 15) is 4.79 Å². The number of rotatable bonds is 3. The second-order valence-corrected chi connectivity index (χ2v) is 7.39. The molecule has 5 rings (SSSR count). The van der Waals surface area contributed by atoms with E-state index in [0.29, 0.717) is 13.0 Å². The van der Waals surface area contributed by atoms with Crippen LogP contribution in [0.4, 0.5) is 5.69 Å². The minimum Gasteiger partial charge on any atom is -0.372 e. The molecule has 2 aromatic heterocycles. The second kappa shape index (κ2) is 6.30. The van der Waals surface area contributed by atoms with Crippen LogP contribution in [0.3, 0.4) is 0 Å². The number of piperidine rings is 1. The molecule has 1 spiro atoms. The van der Waals surface area contributed by atoms with E-state index < -0.39 is 0 Å². The Hall–Kier alpha value is -3.02. The molecule has 27 heavy (non-hydrogen) atoms. The maximum atomic E-state index is 12.6. The number of hydrogen-bond donors (Lipinski definition) is 1. The summed E-state index contributed by atoms with van der Waals surface area (Å²) in [5.74, 6) is 0.215. The molecule has 0 radical (unpaired) electrons. The Morgan fingerprint density at radius 1 is 1.07 bits per heavy atom. The Balaban J connectivity index is 1.31. The summed E-state index contributed by atoms with van der Waals surface area (Å²) in [6, 6.07) is 14.6. The van der Waals surface area contributed by atoms with Gasteiger partial charge in [-0.3, -0.25) is 9.48 Å². The van der Waals surface area contributed by atoms with E-state index in [1.165, 1.54) is 17.1 Å². The van der Waals surface area contributed by atoms with Crippen molar-refractivity contribution in [2.45, 2.75) is 31.3 Å². The molecule has 6 nitrogen and oxygen atoms in total. The molecule has 4 heterocycles. The second-order valence-electron chi connectivity index (χ2n) is 7.39. The predicted molar refractivity (Wildman–Crippen MR) is 104 cm³/mol. The number of aromatic nitrogens is 3. The molecule has 0 unspecified atom stereocenters. The minimum absolute atomic E-state index is 0.101. The first-order chi connectivity index (χ1) is 13.3. The Labute approximate surface area is 158 Å². The fourth-order valence-corrected chi connectivity index (χ4v) is 4.41. The van der Waals surface area contributed by atoms with Gasteiger partial charge < -0.3 is 14.8 Å². The highest BCUT2D eigenvalue weighted by atomic mass is 16.2. The molecule has 6 heteroatoms. The van der Waals surface area contributed by atoms with Crippen molar-refractivity contribution >= 4 is 11.6 Å². The lowest BCUT2D eigenvalue weighted by Crippen LogP contribution is -2.51. The van der Waals surface area contributed by atoms with Crippen molar-refractivity contribution in [1.82, 2.24) is 19.2 Å². The monoisotopic (exact) mass is 361 g/mol. The van der Waals surface area contributed by atoms with Crippen molar-refractivity contribution < 1.29 is 4.79 Å². The number of para-hydroxylation sites is 2. The summed E-state index contributed by atoms with van der Waals surface area (Å²) in [5.41, 5.74) is 3.56. The number of amides is 1. The van der Waals surface area contributed by atoms with Crippen molar-refractivity contribution in [3.8, 4) is 5.69 Å². The van der Waals surface area contributed by atoms with Gasteiger partial charge in [-0.2, -0.15) is 5.10 Å². The van der Waals surface area contributed by atoms with Crippen LogP contribution in [0.5, 0.6) is 0 Å². The van der Waals surface area contributed by atoms with Crippen molar-refractivity contribution in [3.05, 3.63) is 66.7 Å². The summed E-state index contributed by atoms with van der Waals surface area (Å²) in [6.07, 6.45) is 8.12. The average Bonchev–Trinajstić information content (AvgIpc) is 3.39. The van der Waals surface area contributed by atoms with Gasteiger partial charge in [0.15, 0.2) is 0 Å². The standard InChI is InChI=1S/C21H23N5O/c27-20(8-14-25-12-4-11-22-25)24-15-9-21(10-16-24)19-7-3-13-26(19)18-6-2-1-5-17(18)23-21/h1-7,11-13,23H,8-10,14-16H2. The zero-order chi connectivity index (χ0) is 18.3. The lowest BCUT2D eigenvalue weighted by molar-refractivity contribution is -0.133. The van der Waals surface area contributed by atoms with Crippen LogP contribution >= 0.6 is 0 Å². The summed E-state index contributed by atoms with van der Waals surface area (Å²) in [6.45, 7) is 2.19. The first kappa shape index (κ1) is 16.2. The van der Waals surface area contributed by atoms with Gasteiger partial charge in [-0.15, -0.1) is 0 Å². The SMILES string of the molecule is O=C(CCn1cccn1)N1CCC2(CC1)Nc1ccccc1-n1cccc12. The number of benzene rings is 1. The molecule has 2 aliphatic heterocycles. The number of aryl methyl sites for hydroxylation is 1. The van der Waals surface area contributed by atoms with Crippen molar-refractivity contribution in [1.29, 1.82) is 0 Å². The molecule has 138 valence electrons. The zero-order valence-electron chi connectivity index (χ0n) is 15.2. The van der Waals surface area contributed by atoms with E-state index in [4.69, 9.17) is 0 Å². The molecule has 1 saturated heterocycles. The fourth-order valence-electron chi connectivity index (χ4n) is 4.41. The number of nitrogens with zero attached hydrogens (tertiary/aromatic N) is 4. The highest BCUT2D eigenvalue weighted by Crippen LogP contribution is 2.43. The van der Waals surface area contributed by atoms with Gasteiger partial charge in [0.2, 0.25) is 5.91 Å². The number of carbonyl (C=O) groups excluding carboxylic acids is 1. The number of nitrogens with one attached hydrogen (secondary N) is 1. The predicted octanol–water partition coefficient (Wildman–Crippen LogP) is 3.01. The van der Waals surface area contributed by atoms with Crippen molar-refractivity contribution in [3.63, 3.8) is 0 Å². The smallest absolute Gasteiger partial charge is 0.224 e. The lowest BCUT2D eigenvalue weighted by Gasteiger charge is -2.46. The molecular weight excluding hydrogens is 338 g/mol. The van der Waals surface area contributed by atoms with Crippen molar-refractivity contribution in [2.24, 2.45) is 0 Å². The average molecular weight is 361 g/mol. The van der Waals surface area contributed by atoms with E-state index in [1.54, 1.807) is 6.20 Å². The van der Waals surface area contributed by atoms with Gasteiger partial charge in [0.25, 0.3) is 0 Å². The first-order valence-electron chi connectivity index (χ1n) is 9.56. The summed E-state index contributed by atoms with van der Waals surface area (Å²) < 4.78 is 4.11. The van der Waals surface area contributed by atoms with Crippen LogP contribution < -0.4 is 5.32 Å². The zero-order valence-corrected chi connectivity index (χ0v) is 15.2. The van der Waals surface area contributed by atoms with E-state index in [0.717, 1.165) is 25.9 Å². The summed E-state index contributed by atoms with van der Waals surface area (Å²) in [4.78, 5) is 14.6. The third-order valence-electron chi connectivity index (χ3n) is 5.86. The molecule has 0 saturated carbocycles. The van der Waals surface area contributed by atoms with Crippen LogP contribution in [0.25, 0.3) is 5.69 Å². The van der Waals surface area contributed by atoms with Crippen LogP contribution in [0.2, 0.25) is 0 Å². The van der Waals surface area contributed by atoms with Crippen LogP contribution in [-0.4, -0.2) is 38.2 Å². The number of carbonyl (C=O) groups is 1. The molecule has 1 N–H and O–H groups in total. The fraction of sp³-hybridized carbons (Fsp3) is 0.333. The highest BCUT2D eigenvalue weighted by molar-refractivity contribution is 5.76. The minimum atomic E-state index is -0.101. The van der Waals surface area contributed by atoms with Crippen LogP contribution in [0.15, 0.2) is 61.1 Å². The molecular formula is C21H23N5O. The Morgan fingerprint density at radius 3 is 2.74 bits per heavy atom. The third kappa shape index (κ3) is 2.72. The number of likely N-dealkylation sites (tertiary alicyclic amines) is 1. The topological polar surface area (TPSA) is 55.1 Å². The molecule has 2 aliphatic rings. The number of hydrogen-bond acceptors (Lipinski definition) is 3. The summed E-state index contributed by atoms with van der Waals surface area (Å²) in [5, 5.41) is 7.97. The molecule has 1 amide bonds. The quantitative estimate of drug-likeness (QED) is 0.780. The van der Waals surface area contributed by atoms with Gasteiger partial charge in [-0.05, 0) is 43.2 Å². The molecule has 1 fully saturated rings. The number of anilines is 1. The Kier molecular flexibility index (Phi) is 3.77. The van der Waals surface area contributed by atoms with Gasteiger partial charge in [0.05, 0.1) is 16.9 Å². The van der Waals surface area contributed by atoms with Gasteiger partial charge in [-0.1, -0.05) is 12.1 Å². The van der Waals surface area contributed by atoms with E-state index in [2.05, 4.69) is 57.6 Å². The van der Waals surface area contributed by atoms with Gasteiger partial charge >= 0.3 is 0 Å². The summed E-state index contributed by atoms with van der Waals surface area (Å²) in [7, 11) is 0. The molecule has 3 aromatic rings. The Bertz CT molecular complexity index is 951. The van der Waals surface area contributed by atoms with Crippen molar-refractivity contribution in [2.75, 3.05) is 18.4 Å². The van der Waals surface area contributed by atoms with Gasteiger partial charge in [0.1, 0.15) is 0 Å². The highest BCUT2D eigenvalue weighted by Gasteiger charge is 2.42. The van der Waals surface area contributed by atoms with Gasteiger partial charge in [0, 0.05) is 50.3 Å². The molecule has 0 bridgehead atoms. The first-order valence-corrected chi connectivity index (χ1v) is 9.56. The normalized spacial score (nSPS) is 17.3. The van der Waals surface area contributed by atoms with Gasteiger partial charge in [-0.25, -0.2) is 0 Å². The third-order valence-corrected chi connectivity index (χ3v) is 5.86. The van der Waals surface area contributed by atoms with E-state index in [1.807, 2.05) is 21.8 Å². The maximum absolute atomic E-state index is 12.6. The maximum Gasteiger partial charge on any atom is 0.224 e. The molecule has 0 atom stereocenters. The largest absolute Gasteiger partial charge is 0.372 e. The molecule has 1 aromatic carbocycles. The molecule has 0 aliphatic carbocycles. The lowest BCUT2D eigenvalue weighted by atomic mass is 9.82. The van der Waals surface area contributed by atoms with E-state index >= 15 is 0 Å². The van der Waals surface area contributed by atoms with Crippen LogP contribution in [0, 0.1) is 0 Å². The summed E-state index contributed by atoms with van der Waals surface area (Å²) >= 11 is 0. The van der Waals surface area contributed by atoms with Crippen LogP contribution in [-0.2, 0) is 16.9 Å². The Morgan fingerprint density at radius 2 is 1.93 bits per heavy atom. The van der Waals surface area contributed by atoms with Crippen LogP contribution in [0.1, 0.15) is 25.0 Å². The van der Waals surface area contributed by atoms with E-state index in [-0.39, 0.29) is 11.4 Å². The number of fused-ring (bicyclic) bond motifs is 4.